The maximum absolute atomic E-state index is 11.7. The molecule has 0 saturated heterocycles. The van der Waals surface area contributed by atoms with Crippen LogP contribution in [0.2, 0.25) is 0 Å². The van der Waals surface area contributed by atoms with Crippen LogP contribution >= 0.6 is 11.8 Å². The highest BCUT2D eigenvalue weighted by atomic mass is 32.2. The van der Waals surface area contributed by atoms with Crippen molar-refractivity contribution in [3.8, 4) is 5.75 Å². The van der Waals surface area contributed by atoms with Crippen LogP contribution in [0, 0.1) is 6.92 Å². The maximum atomic E-state index is 11.7. The Morgan fingerprint density at radius 3 is 2.61 bits per heavy atom. The Bertz CT molecular complexity index is 523. The summed E-state index contributed by atoms with van der Waals surface area (Å²) in [5.74, 6) is 0.695. The van der Waals surface area contributed by atoms with Crippen molar-refractivity contribution in [1.29, 1.82) is 0 Å². The van der Waals surface area contributed by atoms with Crippen LogP contribution in [0.15, 0.2) is 59.5 Å². The van der Waals surface area contributed by atoms with E-state index < -0.39 is 0 Å². The zero-order valence-electron chi connectivity index (χ0n) is 10.1. The molecule has 0 N–H and O–H groups in total. The molecule has 0 fully saturated rings. The number of rotatable bonds is 4. The molecule has 0 unspecified atom stereocenters. The smallest absolute Gasteiger partial charge is 0.321 e. The summed E-state index contributed by atoms with van der Waals surface area (Å²) in [7, 11) is 0. The van der Waals surface area contributed by atoms with Crippen LogP contribution in [0.25, 0.3) is 0 Å². The van der Waals surface area contributed by atoms with E-state index in [1.807, 2.05) is 55.5 Å². The van der Waals surface area contributed by atoms with Crippen molar-refractivity contribution in [3.05, 3.63) is 60.2 Å². The Labute approximate surface area is 111 Å². The van der Waals surface area contributed by atoms with E-state index in [2.05, 4.69) is 0 Å². The fourth-order valence-electron chi connectivity index (χ4n) is 1.50. The summed E-state index contributed by atoms with van der Waals surface area (Å²) in [5.41, 5.74) is 1.08. The second kappa shape index (κ2) is 6.26. The first kappa shape index (κ1) is 12.7. The van der Waals surface area contributed by atoms with E-state index in [0.29, 0.717) is 11.5 Å². The third kappa shape index (κ3) is 3.93. The number of carbonyl (C=O) groups excluding carboxylic acids is 1. The highest BCUT2D eigenvalue weighted by molar-refractivity contribution is 8.00. The van der Waals surface area contributed by atoms with Crippen molar-refractivity contribution in [2.75, 3.05) is 5.75 Å². The van der Waals surface area contributed by atoms with Gasteiger partial charge in [-0.25, -0.2) is 0 Å². The molecular weight excluding hydrogens is 244 g/mol. The summed E-state index contributed by atoms with van der Waals surface area (Å²) in [6, 6.07) is 17.3. The lowest BCUT2D eigenvalue weighted by Gasteiger charge is -2.04. The van der Waals surface area contributed by atoms with Gasteiger partial charge in [-0.2, -0.15) is 0 Å². The number of hydrogen-bond acceptors (Lipinski definition) is 3. The van der Waals surface area contributed by atoms with Gasteiger partial charge in [0.05, 0.1) is 5.75 Å². The molecule has 3 heteroatoms. The van der Waals surface area contributed by atoms with Gasteiger partial charge in [-0.15, -0.1) is 11.8 Å². The van der Waals surface area contributed by atoms with Gasteiger partial charge >= 0.3 is 5.97 Å². The number of esters is 1. The third-order valence-corrected chi connectivity index (χ3v) is 3.31. The molecule has 0 amide bonds. The molecule has 0 saturated carbocycles. The molecule has 2 nitrogen and oxygen atoms in total. The predicted octanol–water partition coefficient (Wildman–Crippen LogP) is 3.69. The first-order valence-electron chi connectivity index (χ1n) is 5.69. The lowest BCUT2D eigenvalue weighted by atomic mass is 10.2. The molecular formula is C15H14O2S. The van der Waals surface area contributed by atoms with Crippen molar-refractivity contribution < 1.29 is 9.53 Å². The molecule has 0 radical (unpaired) electrons. The van der Waals surface area contributed by atoms with Crippen molar-refractivity contribution >= 4 is 17.7 Å². The van der Waals surface area contributed by atoms with Gasteiger partial charge in [0.15, 0.2) is 0 Å². The van der Waals surface area contributed by atoms with Crippen LogP contribution in [-0.2, 0) is 4.79 Å². The quantitative estimate of drug-likeness (QED) is 0.475. The second-order valence-corrected chi connectivity index (χ2v) is 4.94. The minimum Gasteiger partial charge on any atom is -0.426 e. The van der Waals surface area contributed by atoms with Crippen LogP contribution < -0.4 is 4.74 Å². The van der Waals surface area contributed by atoms with E-state index >= 15 is 0 Å². The van der Waals surface area contributed by atoms with Gasteiger partial charge in [0.25, 0.3) is 0 Å². The molecule has 0 aromatic heterocycles. The lowest BCUT2D eigenvalue weighted by molar-refractivity contribution is -0.131. The van der Waals surface area contributed by atoms with E-state index in [-0.39, 0.29) is 5.97 Å². The summed E-state index contributed by atoms with van der Waals surface area (Å²) in [6.07, 6.45) is 0. The average molecular weight is 258 g/mol. The molecule has 0 heterocycles. The topological polar surface area (TPSA) is 26.3 Å². The van der Waals surface area contributed by atoms with Gasteiger partial charge in [-0.3, -0.25) is 4.79 Å². The van der Waals surface area contributed by atoms with Crippen molar-refractivity contribution in [1.82, 2.24) is 0 Å². The normalized spacial score (nSPS) is 10.1. The highest BCUT2D eigenvalue weighted by Gasteiger charge is 2.05. The fourth-order valence-corrected chi connectivity index (χ4v) is 2.19. The van der Waals surface area contributed by atoms with Gasteiger partial charge in [0.2, 0.25) is 0 Å². The van der Waals surface area contributed by atoms with Gasteiger partial charge in [0.1, 0.15) is 5.75 Å². The minimum absolute atomic E-state index is 0.227. The third-order valence-electron chi connectivity index (χ3n) is 2.32. The van der Waals surface area contributed by atoms with Crippen molar-refractivity contribution in [2.24, 2.45) is 0 Å². The molecule has 2 rings (SSSR count). The van der Waals surface area contributed by atoms with Gasteiger partial charge in [0, 0.05) is 4.90 Å². The van der Waals surface area contributed by atoms with Gasteiger partial charge in [-0.1, -0.05) is 30.3 Å². The Morgan fingerprint density at radius 2 is 1.89 bits per heavy atom. The van der Waals surface area contributed by atoms with Crippen LogP contribution in [0.4, 0.5) is 0 Å². The predicted molar refractivity (Wildman–Crippen MR) is 74.0 cm³/mol. The highest BCUT2D eigenvalue weighted by Crippen LogP contribution is 2.18. The maximum Gasteiger partial charge on any atom is 0.321 e. The molecule has 0 aliphatic rings. The standard InChI is InChI=1S/C15H14O2S/c1-12-6-5-7-13(10-12)17-15(16)11-18-14-8-3-2-4-9-14/h2-10H,11H2,1H3. The number of hydrogen-bond donors (Lipinski definition) is 0. The lowest BCUT2D eigenvalue weighted by Crippen LogP contribution is -2.10. The fraction of sp³-hybridized carbons (Fsp3) is 0.133. The van der Waals surface area contributed by atoms with Crippen molar-refractivity contribution in [2.45, 2.75) is 11.8 Å². The first-order chi connectivity index (χ1) is 8.74. The van der Waals surface area contributed by atoms with Crippen LogP contribution in [-0.4, -0.2) is 11.7 Å². The monoisotopic (exact) mass is 258 g/mol. The zero-order chi connectivity index (χ0) is 12.8. The van der Waals surface area contributed by atoms with Crippen LogP contribution in [0.5, 0.6) is 5.75 Å². The molecule has 0 aliphatic carbocycles. The molecule has 0 aliphatic heterocycles. The molecule has 92 valence electrons. The number of aryl methyl sites for hydroxylation is 1. The number of ether oxygens (including phenoxy) is 1. The molecule has 18 heavy (non-hydrogen) atoms. The largest absolute Gasteiger partial charge is 0.426 e. The summed E-state index contributed by atoms with van der Waals surface area (Å²) < 4.78 is 5.26. The van der Waals surface area contributed by atoms with E-state index in [9.17, 15) is 4.79 Å². The van der Waals surface area contributed by atoms with Crippen LogP contribution in [0.3, 0.4) is 0 Å². The summed E-state index contributed by atoms with van der Waals surface area (Å²) >= 11 is 1.48. The molecule has 0 atom stereocenters. The molecule has 0 spiro atoms. The van der Waals surface area contributed by atoms with Gasteiger partial charge in [-0.05, 0) is 36.8 Å². The first-order valence-corrected chi connectivity index (χ1v) is 6.68. The minimum atomic E-state index is -0.227. The molecule has 2 aromatic carbocycles. The van der Waals surface area contributed by atoms with Gasteiger partial charge < -0.3 is 4.74 Å². The van der Waals surface area contributed by atoms with E-state index in [1.165, 1.54) is 11.8 Å². The van der Waals surface area contributed by atoms with E-state index in [4.69, 9.17) is 4.74 Å². The average Bonchev–Trinajstić information content (AvgIpc) is 2.38. The zero-order valence-corrected chi connectivity index (χ0v) is 10.9. The number of benzene rings is 2. The van der Waals surface area contributed by atoms with Crippen LogP contribution in [0.1, 0.15) is 5.56 Å². The summed E-state index contributed by atoms with van der Waals surface area (Å²) in [5, 5.41) is 0. The Kier molecular flexibility index (Phi) is 4.42. The molecule has 0 bridgehead atoms. The SMILES string of the molecule is Cc1cccc(OC(=O)CSc2ccccc2)c1. The Morgan fingerprint density at radius 1 is 1.11 bits per heavy atom. The van der Waals surface area contributed by atoms with Crippen molar-refractivity contribution in [3.63, 3.8) is 0 Å². The summed E-state index contributed by atoms with van der Waals surface area (Å²) in [6.45, 7) is 1.97. The Hall–Kier alpha value is -1.74. The Balaban J connectivity index is 1.86. The second-order valence-electron chi connectivity index (χ2n) is 3.89. The number of carbonyl (C=O) groups is 1. The van der Waals surface area contributed by atoms with E-state index in [1.54, 1.807) is 6.07 Å². The molecule has 2 aromatic rings. The van der Waals surface area contributed by atoms with E-state index in [0.717, 1.165) is 10.5 Å². The summed E-state index contributed by atoms with van der Waals surface area (Å²) in [4.78, 5) is 12.7. The number of thioether (sulfide) groups is 1.